The second kappa shape index (κ2) is 9.43. The molecule has 0 bridgehead atoms. The molecule has 0 fully saturated rings. The molecule has 0 saturated heterocycles. The van der Waals surface area contributed by atoms with Gasteiger partial charge in [0.1, 0.15) is 21.4 Å². The van der Waals surface area contributed by atoms with Crippen molar-refractivity contribution in [2.24, 2.45) is 4.99 Å². The standard InChI is InChI=1S/C30H28B2ClNO/c1-19(2)20-13-15-21(16-14-20)24-17-25(27(33)26-29(24)35-18-30(26,31)32)34-28(22-9-5-3-6-10-22)23-11-7-4-8-12-23/h3-17,19H,18,31-32H2,1-2H3. The van der Waals surface area contributed by atoms with Crippen molar-refractivity contribution in [1.82, 2.24) is 0 Å². The largest absolute Gasteiger partial charge is 0.493 e. The van der Waals surface area contributed by atoms with Crippen LogP contribution in [0.4, 0.5) is 5.69 Å². The van der Waals surface area contributed by atoms with Crippen LogP contribution in [0.3, 0.4) is 0 Å². The van der Waals surface area contributed by atoms with Gasteiger partial charge in [-0.05, 0) is 28.3 Å². The van der Waals surface area contributed by atoms with Gasteiger partial charge in [-0.2, -0.15) is 0 Å². The minimum Gasteiger partial charge on any atom is -0.493 e. The number of fused-ring (bicyclic) bond motifs is 1. The number of nitrogens with zero attached hydrogens (tertiary/aromatic N) is 1. The van der Waals surface area contributed by atoms with Crippen molar-refractivity contribution in [3.63, 3.8) is 0 Å². The maximum absolute atomic E-state index is 7.10. The van der Waals surface area contributed by atoms with E-state index in [1.54, 1.807) is 0 Å². The van der Waals surface area contributed by atoms with Crippen LogP contribution in [0.5, 0.6) is 5.75 Å². The van der Waals surface area contributed by atoms with Crippen molar-refractivity contribution in [3.05, 3.63) is 118 Å². The Labute approximate surface area is 214 Å². The lowest BCUT2D eigenvalue weighted by atomic mass is 9.52. The molecule has 5 heteroatoms. The van der Waals surface area contributed by atoms with Gasteiger partial charge >= 0.3 is 0 Å². The Morgan fingerprint density at radius 3 is 2.00 bits per heavy atom. The van der Waals surface area contributed by atoms with E-state index in [1.165, 1.54) is 5.56 Å². The second-order valence-electron chi connectivity index (χ2n) is 10.1. The Morgan fingerprint density at radius 1 is 0.886 bits per heavy atom. The van der Waals surface area contributed by atoms with Crippen LogP contribution in [-0.2, 0) is 5.21 Å². The van der Waals surface area contributed by atoms with E-state index in [-0.39, 0.29) is 5.21 Å². The van der Waals surface area contributed by atoms with Crippen molar-refractivity contribution < 1.29 is 4.74 Å². The predicted octanol–water partition coefficient (Wildman–Crippen LogP) is 6.11. The summed E-state index contributed by atoms with van der Waals surface area (Å²) in [7, 11) is 4.36. The molecule has 0 aromatic heterocycles. The quantitative estimate of drug-likeness (QED) is 0.252. The summed E-state index contributed by atoms with van der Waals surface area (Å²) in [6.45, 7) is 5.01. The molecule has 0 unspecified atom stereocenters. The molecule has 1 aliphatic rings. The summed E-state index contributed by atoms with van der Waals surface area (Å²) in [5, 5.41) is 0.457. The van der Waals surface area contributed by atoms with Crippen LogP contribution < -0.4 is 4.74 Å². The van der Waals surface area contributed by atoms with E-state index in [0.29, 0.717) is 17.5 Å². The van der Waals surface area contributed by atoms with Gasteiger partial charge in [0.2, 0.25) is 0 Å². The highest BCUT2D eigenvalue weighted by Gasteiger charge is 2.37. The van der Waals surface area contributed by atoms with Crippen LogP contribution in [0.15, 0.2) is 96.0 Å². The highest BCUT2D eigenvalue weighted by atomic mass is 35.5. The molecule has 4 aromatic rings. The zero-order chi connectivity index (χ0) is 24.6. The maximum Gasteiger partial charge on any atom is 0.131 e. The Kier molecular flexibility index (Phi) is 6.34. The third-order valence-electron chi connectivity index (χ3n) is 6.67. The van der Waals surface area contributed by atoms with E-state index in [1.807, 2.05) is 36.4 Å². The molecule has 0 amide bonds. The SMILES string of the molecule is BC1(B)COc2c(-c3ccc(C(C)C)cc3)cc(N=C(c3ccccc3)c3ccccc3)c(Cl)c21. The second-order valence-corrected chi connectivity index (χ2v) is 10.5. The fourth-order valence-corrected chi connectivity index (χ4v) is 5.10. The zero-order valence-electron chi connectivity index (χ0n) is 20.7. The summed E-state index contributed by atoms with van der Waals surface area (Å²) >= 11 is 7.10. The van der Waals surface area contributed by atoms with Gasteiger partial charge in [-0.25, -0.2) is 4.99 Å². The van der Waals surface area contributed by atoms with Crippen LogP contribution in [0.1, 0.15) is 42.0 Å². The van der Waals surface area contributed by atoms with Crippen molar-refractivity contribution in [2.75, 3.05) is 6.61 Å². The Hall–Kier alpha value is -3.23. The minimum atomic E-state index is -0.204. The third-order valence-corrected chi connectivity index (χ3v) is 7.05. The average molecular weight is 476 g/mol. The lowest BCUT2D eigenvalue weighted by Crippen LogP contribution is -2.28. The van der Waals surface area contributed by atoms with Crippen molar-refractivity contribution in [3.8, 4) is 16.9 Å². The first-order valence-corrected chi connectivity index (χ1v) is 12.5. The minimum absolute atomic E-state index is 0.204. The number of rotatable bonds is 5. The highest BCUT2D eigenvalue weighted by Crippen LogP contribution is 2.50. The summed E-state index contributed by atoms with van der Waals surface area (Å²) in [6.07, 6.45) is 0. The maximum atomic E-state index is 7.10. The fourth-order valence-electron chi connectivity index (χ4n) is 4.66. The van der Waals surface area contributed by atoms with Crippen LogP contribution in [0.2, 0.25) is 5.02 Å². The molecule has 35 heavy (non-hydrogen) atoms. The average Bonchev–Trinajstić information content (AvgIpc) is 3.20. The van der Waals surface area contributed by atoms with E-state index in [4.69, 9.17) is 21.3 Å². The van der Waals surface area contributed by atoms with Crippen molar-refractivity contribution >= 4 is 38.7 Å². The van der Waals surface area contributed by atoms with E-state index in [2.05, 4.69) is 84.1 Å². The molecule has 5 rings (SSSR count). The number of hydrogen-bond acceptors (Lipinski definition) is 2. The fraction of sp³-hybridized carbons (Fsp3) is 0.167. The summed E-state index contributed by atoms with van der Waals surface area (Å²) in [4.78, 5) is 5.20. The van der Waals surface area contributed by atoms with E-state index in [0.717, 1.165) is 45.0 Å². The molecule has 0 atom stereocenters. The smallest absolute Gasteiger partial charge is 0.131 e. The van der Waals surface area contributed by atoms with Gasteiger partial charge in [0.15, 0.2) is 0 Å². The molecular weight excluding hydrogens is 447 g/mol. The van der Waals surface area contributed by atoms with Crippen molar-refractivity contribution in [1.29, 1.82) is 0 Å². The Balaban J connectivity index is 1.75. The molecule has 0 saturated carbocycles. The first kappa shape index (κ1) is 23.5. The number of hydrogen-bond donors (Lipinski definition) is 0. The summed E-state index contributed by atoms with van der Waals surface area (Å²) in [6, 6.07) is 31.4. The lowest BCUT2D eigenvalue weighted by molar-refractivity contribution is 0.344. The molecule has 0 N–H and O–H groups in total. The van der Waals surface area contributed by atoms with Gasteiger partial charge in [0.05, 0.1) is 23.0 Å². The van der Waals surface area contributed by atoms with Crippen LogP contribution >= 0.6 is 11.6 Å². The van der Waals surface area contributed by atoms with Crippen LogP contribution in [0.25, 0.3) is 11.1 Å². The van der Waals surface area contributed by atoms with Gasteiger partial charge in [-0.15, -0.1) is 0 Å². The number of ether oxygens (including phenoxy) is 1. The highest BCUT2D eigenvalue weighted by molar-refractivity contribution is 6.44. The van der Waals surface area contributed by atoms with Gasteiger partial charge in [-0.1, -0.05) is 110 Å². The molecule has 0 spiro atoms. The van der Waals surface area contributed by atoms with Gasteiger partial charge in [0, 0.05) is 22.3 Å². The Bertz CT molecular complexity index is 1340. The molecule has 0 aliphatic carbocycles. The molecule has 1 aliphatic heterocycles. The third kappa shape index (κ3) is 4.56. The first-order chi connectivity index (χ1) is 16.8. The molecule has 1 heterocycles. The predicted molar refractivity (Wildman–Crippen MR) is 153 cm³/mol. The van der Waals surface area contributed by atoms with Gasteiger partial charge in [-0.3, -0.25) is 0 Å². The van der Waals surface area contributed by atoms with Crippen LogP contribution in [-0.4, -0.2) is 28.0 Å². The molecule has 0 radical (unpaired) electrons. The normalized spacial score (nSPS) is 13.8. The monoisotopic (exact) mass is 475 g/mol. The first-order valence-electron chi connectivity index (χ1n) is 12.1. The molecular formula is C30H28B2ClNO. The molecule has 4 aromatic carbocycles. The van der Waals surface area contributed by atoms with E-state index < -0.39 is 0 Å². The zero-order valence-corrected chi connectivity index (χ0v) is 21.4. The van der Waals surface area contributed by atoms with E-state index in [9.17, 15) is 0 Å². The number of aliphatic imine (C=N–C) groups is 1. The number of benzene rings is 4. The Morgan fingerprint density at radius 2 is 1.46 bits per heavy atom. The molecule has 2 nitrogen and oxygen atoms in total. The van der Waals surface area contributed by atoms with Crippen LogP contribution in [0, 0.1) is 0 Å². The van der Waals surface area contributed by atoms with E-state index >= 15 is 0 Å². The van der Waals surface area contributed by atoms with Crippen molar-refractivity contribution in [2.45, 2.75) is 25.0 Å². The summed E-state index contributed by atoms with van der Waals surface area (Å²) in [5.41, 5.74) is 8.24. The molecule has 172 valence electrons. The number of halogens is 1. The van der Waals surface area contributed by atoms with Gasteiger partial charge < -0.3 is 4.74 Å². The summed E-state index contributed by atoms with van der Waals surface area (Å²) < 4.78 is 6.25. The summed E-state index contributed by atoms with van der Waals surface area (Å²) in [5.74, 6) is 1.35. The van der Waals surface area contributed by atoms with Gasteiger partial charge in [0.25, 0.3) is 0 Å². The topological polar surface area (TPSA) is 21.6 Å². The lowest BCUT2D eigenvalue weighted by Gasteiger charge is -2.19.